The molecule has 0 saturated carbocycles. The van der Waals surface area contributed by atoms with Gasteiger partial charge in [0.05, 0.1) is 25.9 Å². The third-order valence-corrected chi connectivity index (χ3v) is 5.13. The third kappa shape index (κ3) is 4.43. The summed E-state index contributed by atoms with van der Waals surface area (Å²) < 4.78 is 12.6. The van der Waals surface area contributed by atoms with E-state index in [9.17, 15) is 4.79 Å². The molecule has 1 atom stereocenters. The highest BCUT2D eigenvalue weighted by Gasteiger charge is 2.25. The van der Waals surface area contributed by atoms with Crippen LogP contribution in [0.3, 0.4) is 0 Å². The van der Waals surface area contributed by atoms with Crippen LogP contribution in [-0.4, -0.2) is 35.6 Å². The second-order valence-electron chi connectivity index (χ2n) is 6.50. The topological polar surface area (TPSA) is 67.6 Å². The number of aromatic nitrogens is 1. The van der Waals surface area contributed by atoms with Crippen LogP contribution in [0.25, 0.3) is 11.3 Å². The lowest BCUT2D eigenvalue weighted by molar-refractivity contribution is -0.0155. The van der Waals surface area contributed by atoms with Crippen LogP contribution < -0.4 is 5.32 Å². The molecule has 1 saturated heterocycles. The van der Waals surface area contributed by atoms with Gasteiger partial charge in [0, 0.05) is 16.6 Å². The average molecular weight is 442 g/mol. The van der Waals surface area contributed by atoms with E-state index in [1.54, 1.807) is 11.1 Å². The summed E-state index contributed by atoms with van der Waals surface area (Å²) in [4.78, 5) is 18.6. The molecule has 1 fully saturated rings. The van der Waals surface area contributed by atoms with Crippen LogP contribution in [-0.2, 0) is 11.3 Å². The Balaban J connectivity index is 1.33. The molecule has 2 aromatic carbocycles. The maximum absolute atomic E-state index is 12.6. The van der Waals surface area contributed by atoms with Gasteiger partial charge in [0.15, 0.2) is 5.76 Å². The van der Waals surface area contributed by atoms with Crippen molar-refractivity contribution in [1.29, 1.82) is 0 Å². The van der Waals surface area contributed by atoms with Crippen molar-refractivity contribution in [3.8, 4) is 11.3 Å². The van der Waals surface area contributed by atoms with Gasteiger partial charge in [-0.3, -0.25) is 0 Å². The highest BCUT2D eigenvalue weighted by atomic mass is 79.9. The SMILES string of the molecule is O=C(NCc1ncc(-c2ccccc2)o1)N1CCOC(c2ccc(Br)cc2)C1. The summed E-state index contributed by atoms with van der Waals surface area (Å²) in [7, 11) is 0. The van der Waals surface area contributed by atoms with Gasteiger partial charge in [0.25, 0.3) is 0 Å². The molecule has 0 bridgehead atoms. The van der Waals surface area contributed by atoms with Gasteiger partial charge in [-0.1, -0.05) is 58.4 Å². The van der Waals surface area contributed by atoms with Crippen LogP contribution in [0, 0.1) is 0 Å². The third-order valence-electron chi connectivity index (χ3n) is 4.60. The van der Waals surface area contributed by atoms with Crippen LogP contribution >= 0.6 is 15.9 Å². The van der Waals surface area contributed by atoms with E-state index in [0.717, 1.165) is 15.6 Å². The molecule has 1 aromatic heterocycles. The molecule has 2 heterocycles. The molecule has 1 unspecified atom stereocenters. The Bertz CT molecular complexity index is 928. The number of carbonyl (C=O) groups excluding carboxylic acids is 1. The van der Waals surface area contributed by atoms with Crippen molar-refractivity contribution in [3.05, 3.63) is 76.7 Å². The van der Waals surface area contributed by atoms with Crippen molar-refractivity contribution in [1.82, 2.24) is 15.2 Å². The zero-order valence-corrected chi connectivity index (χ0v) is 16.8. The Morgan fingerprint density at radius 3 is 2.75 bits per heavy atom. The van der Waals surface area contributed by atoms with Gasteiger partial charge in [-0.25, -0.2) is 9.78 Å². The fourth-order valence-corrected chi connectivity index (χ4v) is 3.37. The lowest BCUT2D eigenvalue weighted by atomic mass is 10.1. The molecule has 28 heavy (non-hydrogen) atoms. The van der Waals surface area contributed by atoms with Crippen molar-refractivity contribution in [3.63, 3.8) is 0 Å². The summed E-state index contributed by atoms with van der Waals surface area (Å²) in [6.45, 7) is 1.81. The quantitative estimate of drug-likeness (QED) is 0.651. The van der Waals surface area contributed by atoms with Gasteiger partial charge < -0.3 is 19.4 Å². The van der Waals surface area contributed by atoms with Crippen molar-refractivity contribution in [2.45, 2.75) is 12.6 Å². The number of rotatable bonds is 4. The van der Waals surface area contributed by atoms with E-state index in [1.165, 1.54) is 0 Å². The van der Waals surface area contributed by atoms with E-state index in [4.69, 9.17) is 9.15 Å². The number of morpholine rings is 1. The first-order valence-electron chi connectivity index (χ1n) is 9.09. The first-order chi connectivity index (χ1) is 13.7. The van der Waals surface area contributed by atoms with Gasteiger partial charge in [-0.05, 0) is 17.7 Å². The molecule has 3 aromatic rings. The number of nitrogens with one attached hydrogen (secondary N) is 1. The van der Waals surface area contributed by atoms with E-state index < -0.39 is 0 Å². The number of amides is 2. The molecular formula is C21H20BrN3O3. The lowest BCUT2D eigenvalue weighted by Crippen LogP contribution is -2.47. The van der Waals surface area contributed by atoms with Crippen molar-refractivity contribution in [2.75, 3.05) is 19.7 Å². The highest BCUT2D eigenvalue weighted by Crippen LogP contribution is 2.24. The van der Waals surface area contributed by atoms with Crippen molar-refractivity contribution in [2.24, 2.45) is 0 Å². The molecule has 2 amide bonds. The van der Waals surface area contributed by atoms with Crippen LogP contribution in [0.4, 0.5) is 4.79 Å². The minimum absolute atomic E-state index is 0.126. The van der Waals surface area contributed by atoms with Crippen molar-refractivity contribution >= 4 is 22.0 Å². The van der Waals surface area contributed by atoms with Crippen molar-refractivity contribution < 1.29 is 13.9 Å². The monoisotopic (exact) mass is 441 g/mol. The standard InChI is InChI=1S/C21H20BrN3O3/c22-17-8-6-16(7-9-17)19-14-25(10-11-27-19)21(26)24-13-20-23-12-18(28-20)15-4-2-1-3-5-15/h1-9,12,19H,10-11,13-14H2,(H,24,26). The van der Waals surface area contributed by atoms with E-state index in [1.807, 2.05) is 54.6 Å². The minimum Gasteiger partial charge on any atom is -0.439 e. The molecular weight excluding hydrogens is 422 g/mol. The number of halogens is 1. The Hall–Kier alpha value is -2.64. The largest absolute Gasteiger partial charge is 0.439 e. The molecule has 1 N–H and O–H groups in total. The smallest absolute Gasteiger partial charge is 0.318 e. The van der Waals surface area contributed by atoms with Gasteiger partial charge >= 0.3 is 6.03 Å². The molecule has 144 valence electrons. The summed E-state index contributed by atoms with van der Waals surface area (Å²) in [5.41, 5.74) is 2.01. The van der Waals surface area contributed by atoms with Crippen LogP contribution in [0.5, 0.6) is 0 Å². The Kier molecular flexibility index (Phi) is 5.73. The molecule has 0 radical (unpaired) electrons. The molecule has 1 aliphatic rings. The predicted molar refractivity (Wildman–Crippen MR) is 109 cm³/mol. The van der Waals surface area contributed by atoms with Gasteiger partial charge in [-0.2, -0.15) is 0 Å². The summed E-state index contributed by atoms with van der Waals surface area (Å²) in [5.74, 6) is 1.16. The number of urea groups is 1. The number of oxazole rings is 1. The summed E-state index contributed by atoms with van der Waals surface area (Å²) >= 11 is 3.43. The van der Waals surface area contributed by atoms with E-state index in [-0.39, 0.29) is 18.7 Å². The second-order valence-corrected chi connectivity index (χ2v) is 7.42. The number of hydrogen-bond donors (Lipinski definition) is 1. The molecule has 0 spiro atoms. The lowest BCUT2D eigenvalue weighted by Gasteiger charge is -2.33. The summed E-state index contributed by atoms with van der Waals surface area (Å²) in [6, 6.07) is 17.6. The maximum atomic E-state index is 12.6. The molecule has 4 rings (SSSR count). The Morgan fingerprint density at radius 1 is 1.18 bits per heavy atom. The zero-order chi connectivity index (χ0) is 19.3. The fourth-order valence-electron chi connectivity index (χ4n) is 3.10. The van der Waals surface area contributed by atoms with E-state index >= 15 is 0 Å². The highest BCUT2D eigenvalue weighted by molar-refractivity contribution is 9.10. The second kappa shape index (κ2) is 8.58. The molecule has 7 heteroatoms. The number of carbonyl (C=O) groups is 1. The molecule has 6 nitrogen and oxygen atoms in total. The van der Waals surface area contributed by atoms with E-state index in [0.29, 0.717) is 31.3 Å². The number of nitrogens with zero attached hydrogens (tertiary/aromatic N) is 2. The normalized spacial score (nSPS) is 16.8. The Labute approximate surface area is 171 Å². The van der Waals surface area contributed by atoms with Crippen LogP contribution in [0.15, 0.2) is 69.7 Å². The molecule has 1 aliphatic heterocycles. The minimum atomic E-state index is -0.148. The van der Waals surface area contributed by atoms with Gasteiger partial charge in [-0.15, -0.1) is 0 Å². The predicted octanol–water partition coefficient (Wildman–Crippen LogP) is 4.39. The van der Waals surface area contributed by atoms with E-state index in [2.05, 4.69) is 26.2 Å². The average Bonchev–Trinajstić information content (AvgIpc) is 3.22. The Morgan fingerprint density at radius 2 is 1.96 bits per heavy atom. The first kappa shape index (κ1) is 18.7. The zero-order valence-electron chi connectivity index (χ0n) is 15.2. The summed E-state index contributed by atoms with van der Waals surface area (Å²) in [6.07, 6.45) is 1.55. The number of benzene rings is 2. The maximum Gasteiger partial charge on any atom is 0.318 e. The summed E-state index contributed by atoms with van der Waals surface area (Å²) in [5, 5.41) is 2.88. The molecule has 0 aliphatic carbocycles. The van der Waals surface area contributed by atoms with Gasteiger partial charge in [0.2, 0.25) is 5.89 Å². The first-order valence-corrected chi connectivity index (χ1v) is 9.88. The number of ether oxygens (including phenoxy) is 1. The van der Waals surface area contributed by atoms with Gasteiger partial charge in [0.1, 0.15) is 6.10 Å². The van der Waals surface area contributed by atoms with Crippen LogP contribution in [0.2, 0.25) is 0 Å². The fraction of sp³-hybridized carbons (Fsp3) is 0.238. The van der Waals surface area contributed by atoms with Crippen LogP contribution in [0.1, 0.15) is 17.6 Å². The number of hydrogen-bond acceptors (Lipinski definition) is 4.